The fourth-order valence-electron chi connectivity index (χ4n) is 5.03. The SMILES string of the molecule is C1CC[CH]([Bi+2]([CH]2CCCCC2)[CH]2CCCCC2)CC1. The third-order valence-electron chi connectivity index (χ3n) is 5.99. The molecule has 0 saturated heterocycles. The Labute approximate surface area is 128 Å². The van der Waals surface area contributed by atoms with Gasteiger partial charge in [0.25, 0.3) is 0 Å². The number of hydrogen-bond donors (Lipinski definition) is 0. The Balaban J connectivity index is 1.68. The fraction of sp³-hybridized carbons (Fsp3) is 1.00. The Bertz CT molecular complexity index is 202. The van der Waals surface area contributed by atoms with Crippen molar-refractivity contribution < 1.29 is 0 Å². The first-order valence-electron chi connectivity index (χ1n) is 9.22. The maximum atomic E-state index is 1.67. The molecular formula is C18H33Bi+2. The average molecular weight is 458 g/mol. The van der Waals surface area contributed by atoms with Crippen molar-refractivity contribution in [3.63, 3.8) is 0 Å². The quantitative estimate of drug-likeness (QED) is 0.425. The van der Waals surface area contributed by atoms with E-state index in [-0.39, 0.29) is 0 Å². The zero-order valence-corrected chi connectivity index (χ0v) is 16.3. The fourth-order valence-corrected chi connectivity index (χ4v) is 23.2. The molecular weight excluding hydrogens is 425 g/mol. The summed E-state index contributed by atoms with van der Waals surface area (Å²) < 4.78 is 3.99. The van der Waals surface area contributed by atoms with E-state index in [1.54, 1.807) is 96.3 Å². The van der Waals surface area contributed by atoms with Crippen LogP contribution in [0, 0.1) is 0 Å². The Morgan fingerprint density at radius 2 is 0.632 bits per heavy atom. The molecule has 0 aliphatic heterocycles. The Hall–Kier alpha value is 0.883. The van der Waals surface area contributed by atoms with Crippen molar-refractivity contribution in [2.75, 3.05) is 0 Å². The monoisotopic (exact) mass is 458 g/mol. The van der Waals surface area contributed by atoms with Crippen molar-refractivity contribution in [3.8, 4) is 0 Å². The minimum absolute atomic E-state index is 1.23. The molecule has 0 atom stereocenters. The summed E-state index contributed by atoms with van der Waals surface area (Å²) in [5.41, 5.74) is 0. The first kappa shape index (κ1) is 14.8. The van der Waals surface area contributed by atoms with Gasteiger partial charge in [0, 0.05) is 0 Å². The predicted molar refractivity (Wildman–Crippen MR) is 86.3 cm³/mol. The Morgan fingerprint density at radius 3 is 0.895 bits per heavy atom. The first-order chi connectivity index (χ1) is 9.45. The zero-order chi connectivity index (χ0) is 12.9. The predicted octanol–water partition coefficient (Wildman–Crippen LogP) is 6.48. The van der Waals surface area contributed by atoms with Crippen LogP contribution in [-0.4, -0.2) is 21.8 Å². The molecule has 0 nitrogen and oxygen atoms in total. The van der Waals surface area contributed by atoms with Gasteiger partial charge in [-0.25, -0.2) is 0 Å². The number of hydrogen-bond acceptors (Lipinski definition) is 0. The standard InChI is InChI=1S/3C6H11.Bi/c3*1-2-4-6-5-3-1;/h3*1H,2-6H2;/q;;;+2. The molecule has 19 heavy (non-hydrogen) atoms. The molecule has 3 saturated carbocycles. The van der Waals surface area contributed by atoms with Gasteiger partial charge in [0.05, 0.1) is 0 Å². The van der Waals surface area contributed by atoms with Crippen LogP contribution in [-0.2, 0) is 0 Å². The second kappa shape index (κ2) is 7.77. The van der Waals surface area contributed by atoms with Crippen molar-refractivity contribution in [2.24, 2.45) is 0 Å². The molecule has 3 aliphatic rings. The first-order valence-corrected chi connectivity index (χ1v) is 15.2. The molecule has 3 fully saturated rings. The van der Waals surface area contributed by atoms with Gasteiger partial charge in [0.15, 0.2) is 0 Å². The van der Waals surface area contributed by atoms with E-state index in [4.69, 9.17) is 0 Å². The van der Waals surface area contributed by atoms with Crippen LogP contribution < -0.4 is 0 Å². The van der Waals surface area contributed by atoms with Crippen LogP contribution in [0.5, 0.6) is 0 Å². The second-order valence-corrected chi connectivity index (χ2v) is 19.3. The second-order valence-electron chi connectivity index (χ2n) is 7.32. The molecule has 0 unspecified atom stereocenters. The summed E-state index contributed by atoms with van der Waals surface area (Å²) >= 11 is -1.23. The van der Waals surface area contributed by atoms with Crippen LogP contribution in [0.2, 0.25) is 10.9 Å². The van der Waals surface area contributed by atoms with E-state index in [1.165, 1.54) is 10.9 Å². The van der Waals surface area contributed by atoms with Crippen molar-refractivity contribution in [1.29, 1.82) is 0 Å². The van der Waals surface area contributed by atoms with Crippen LogP contribution in [0.3, 0.4) is 0 Å². The van der Waals surface area contributed by atoms with Gasteiger partial charge in [0.1, 0.15) is 0 Å². The van der Waals surface area contributed by atoms with Gasteiger partial charge in [-0.3, -0.25) is 0 Å². The molecule has 108 valence electrons. The van der Waals surface area contributed by atoms with Crippen molar-refractivity contribution in [1.82, 2.24) is 0 Å². The third kappa shape index (κ3) is 3.96. The van der Waals surface area contributed by atoms with E-state index in [2.05, 4.69) is 0 Å². The van der Waals surface area contributed by atoms with Crippen molar-refractivity contribution in [2.45, 2.75) is 107 Å². The topological polar surface area (TPSA) is 0 Å². The summed E-state index contributed by atoms with van der Waals surface area (Å²) in [5, 5.41) is 0. The summed E-state index contributed by atoms with van der Waals surface area (Å²) in [6.07, 6.45) is 24.3. The molecule has 0 aromatic rings. The van der Waals surface area contributed by atoms with Crippen LogP contribution in [0.4, 0.5) is 0 Å². The molecule has 0 aromatic heterocycles. The number of rotatable bonds is 3. The van der Waals surface area contributed by atoms with E-state index in [9.17, 15) is 0 Å². The summed E-state index contributed by atoms with van der Waals surface area (Å²) in [6.45, 7) is 0. The van der Waals surface area contributed by atoms with Crippen LogP contribution in [0.15, 0.2) is 0 Å². The molecule has 3 aliphatic carbocycles. The van der Waals surface area contributed by atoms with Gasteiger partial charge in [-0.15, -0.1) is 0 Å². The normalized spacial score (nSPS) is 28.4. The maximum absolute atomic E-state index is 1.67. The molecule has 0 spiro atoms. The van der Waals surface area contributed by atoms with Crippen LogP contribution in [0.1, 0.15) is 96.3 Å². The van der Waals surface area contributed by atoms with Crippen molar-refractivity contribution >= 4 is 21.8 Å². The third-order valence-corrected chi connectivity index (χ3v) is 21.8. The van der Waals surface area contributed by atoms with Gasteiger partial charge in [-0.1, -0.05) is 0 Å². The van der Waals surface area contributed by atoms with E-state index in [1.807, 2.05) is 0 Å². The molecule has 0 bridgehead atoms. The van der Waals surface area contributed by atoms with Crippen LogP contribution in [0.25, 0.3) is 0 Å². The summed E-state index contributed by atoms with van der Waals surface area (Å²) in [6, 6.07) is 0. The van der Waals surface area contributed by atoms with E-state index >= 15 is 0 Å². The molecule has 0 N–H and O–H groups in total. The van der Waals surface area contributed by atoms with Gasteiger partial charge < -0.3 is 0 Å². The summed E-state index contributed by atoms with van der Waals surface area (Å²) in [5.74, 6) is 0. The molecule has 0 amide bonds. The molecule has 0 radical (unpaired) electrons. The van der Waals surface area contributed by atoms with E-state index in [0.29, 0.717) is 0 Å². The van der Waals surface area contributed by atoms with Gasteiger partial charge in [-0.05, 0) is 0 Å². The molecule has 1 heteroatoms. The minimum atomic E-state index is -1.23. The van der Waals surface area contributed by atoms with Gasteiger partial charge in [-0.2, -0.15) is 0 Å². The Kier molecular flexibility index (Phi) is 6.05. The molecule has 0 aromatic carbocycles. The molecule has 3 rings (SSSR count). The molecule has 0 heterocycles. The summed E-state index contributed by atoms with van der Waals surface area (Å²) in [4.78, 5) is 0. The van der Waals surface area contributed by atoms with E-state index in [0.717, 1.165) is 0 Å². The summed E-state index contributed by atoms with van der Waals surface area (Å²) in [7, 11) is 0. The zero-order valence-electron chi connectivity index (χ0n) is 12.8. The van der Waals surface area contributed by atoms with Gasteiger partial charge in [0.2, 0.25) is 0 Å². The van der Waals surface area contributed by atoms with Crippen LogP contribution >= 0.6 is 0 Å². The van der Waals surface area contributed by atoms with Crippen molar-refractivity contribution in [3.05, 3.63) is 0 Å². The average Bonchev–Trinajstić information content (AvgIpc) is 2.51. The van der Waals surface area contributed by atoms with Gasteiger partial charge >= 0.3 is 129 Å². The van der Waals surface area contributed by atoms with E-state index < -0.39 is 21.8 Å². The Morgan fingerprint density at radius 1 is 0.368 bits per heavy atom.